The third-order valence-corrected chi connectivity index (χ3v) is 2.53. The largest absolute Gasteiger partial charge is 0.399 e. The highest BCUT2D eigenvalue weighted by Crippen LogP contribution is 2.23. The van der Waals surface area contributed by atoms with Crippen molar-refractivity contribution in [2.24, 2.45) is 0 Å². The first-order valence-electron chi connectivity index (χ1n) is 5.81. The van der Waals surface area contributed by atoms with Gasteiger partial charge in [-0.25, -0.2) is 0 Å². The average molecular weight is 306 g/mol. The fourth-order valence-corrected chi connectivity index (χ4v) is 1.39. The van der Waals surface area contributed by atoms with Gasteiger partial charge in [0.05, 0.1) is 21.2 Å². The van der Waals surface area contributed by atoms with E-state index in [1.165, 1.54) is 36.4 Å². The fourth-order valence-electron chi connectivity index (χ4n) is 1.39. The molecule has 8 N–H and O–H groups in total. The lowest BCUT2D eigenvalue weighted by molar-refractivity contribution is -0.384. The number of anilines is 4. The van der Waals surface area contributed by atoms with Gasteiger partial charge in [-0.1, -0.05) is 0 Å². The maximum absolute atomic E-state index is 10.2. The first-order chi connectivity index (χ1) is 10.2. The van der Waals surface area contributed by atoms with Crippen LogP contribution < -0.4 is 22.9 Å². The van der Waals surface area contributed by atoms with E-state index in [0.717, 1.165) is 0 Å². The Labute approximate surface area is 124 Å². The number of nitro groups is 2. The molecule has 0 unspecified atom stereocenters. The van der Waals surface area contributed by atoms with Crippen molar-refractivity contribution in [1.82, 2.24) is 0 Å². The highest BCUT2D eigenvalue weighted by atomic mass is 16.6. The normalized spacial score (nSPS) is 9.45. The Morgan fingerprint density at radius 2 is 1.32 bits per heavy atom. The van der Waals surface area contributed by atoms with Crippen LogP contribution in [0.2, 0.25) is 0 Å². The van der Waals surface area contributed by atoms with Gasteiger partial charge in [0.25, 0.3) is 11.4 Å². The Hall–Kier alpha value is -3.56. The number of hydrogen-bond acceptors (Lipinski definition) is 8. The standard InChI is InChI=1S/2C6H7N3O2/c7-5-2-1-4(9(10)11)3-6(5)8;7-4-1-2-5(8)6(3-4)9(10)11/h2*1-3H,7-8H2. The summed E-state index contributed by atoms with van der Waals surface area (Å²) in [6, 6.07) is 8.11. The zero-order valence-corrected chi connectivity index (χ0v) is 11.3. The average Bonchev–Trinajstić information content (AvgIpc) is 2.44. The molecule has 0 spiro atoms. The molecule has 0 aromatic heterocycles. The highest BCUT2D eigenvalue weighted by Gasteiger charge is 2.09. The van der Waals surface area contributed by atoms with E-state index in [2.05, 4.69) is 0 Å². The van der Waals surface area contributed by atoms with E-state index in [-0.39, 0.29) is 22.7 Å². The van der Waals surface area contributed by atoms with Crippen molar-refractivity contribution in [3.05, 3.63) is 56.6 Å². The zero-order valence-electron chi connectivity index (χ0n) is 11.3. The fraction of sp³-hybridized carbons (Fsp3) is 0. The van der Waals surface area contributed by atoms with Crippen molar-refractivity contribution < 1.29 is 9.85 Å². The number of non-ortho nitro benzene ring substituents is 1. The zero-order chi connectivity index (χ0) is 16.9. The van der Waals surface area contributed by atoms with Crippen LogP contribution in [-0.4, -0.2) is 9.85 Å². The van der Waals surface area contributed by atoms with Gasteiger partial charge in [-0.3, -0.25) is 20.2 Å². The van der Waals surface area contributed by atoms with Crippen LogP contribution in [0.15, 0.2) is 36.4 Å². The Balaban J connectivity index is 0.000000220. The van der Waals surface area contributed by atoms with Crippen molar-refractivity contribution in [3.63, 3.8) is 0 Å². The summed E-state index contributed by atoms with van der Waals surface area (Å²) < 4.78 is 0. The van der Waals surface area contributed by atoms with E-state index < -0.39 is 9.85 Å². The molecule has 0 aliphatic carbocycles. The van der Waals surface area contributed by atoms with Crippen molar-refractivity contribution in [1.29, 1.82) is 0 Å². The van der Waals surface area contributed by atoms with Crippen molar-refractivity contribution in [2.45, 2.75) is 0 Å². The van der Waals surface area contributed by atoms with Gasteiger partial charge in [-0.05, 0) is 18.2 Å². The van der Waals surface area contributed by atoms with E-state index in [9.17, 15) is 20.2 Å². The second-order valence-corrected chi connectivity index (χ2v) is 4.15. The third kappa shape index (κ3) is 4.23. The molecule has 22 heavy (non-hydrogen) atoms. The lowest BCUT2D eigenvalue weighted by atomic mass is 10.2. The Bertz CT molecular complexity index is 719. The molecule has 0 bridgehead atoms. The van der Waals surface area contributed by atoms with Crippen LogP contribution in [0.3, 0.4) is 0 Å². The number of hydrogen-bond donors (Lipinski definition) is 4. The number of nitrogens with zero attached hydrogens (tertiary/aromatic N) is 2. The summed E-state index contributed by atoms with van der Waals surface area (Å²) in [4.78, 5) is 19.3. The maximum Gasteiger partial charge on any atom is 0.294 e. The van der Waals surface area contributed by atoms with Crippen molar-refractivity contribution in [3.8, 4) is 0 Å². The van der Waals surface area contributed by atoms with Crippen molar-refractivity contribution in [2.75, 3.05) is 22.9 Å². The maximum atomic E-state index is 10.2. The summed E-state index contributed by atoms with van der Waals surface area (Å²) in [5, 5.41) is 20.4. The Morgan fingerprint density at radius 1 is 0.727 bits per heavy atom. The number of benzene rings is 2. The molecule has 0 fully saturated rings. The summed E-state index contributed by atoms with van der Waals surface area (Å²) in [6.07, 6.45) is 0. The summed E-state index contributed by atoms with van der Waals surface area (Å²) in [5.41, 5.74) is 22.1. The second kappa shape index (κ2) is 6.74. The van der Waals surface area contributed by atoms with Gasteiger partial charge in [-0.2, -0.15) is 0 Å². The second-order valence-electron chi connectivity index (χ2n) is 4.15. The minimum absolute atomic E-state index is 0.0447. The number of nitro benzene ring substituents is 2. The number of rotatable bonds is 2. The molecule has 0 aliphatic heterocycles. The monoisotopic (exact) mass is 306 g/mol. The highest BCUT2D eigenvalue weighted by molar-refractivity contribution is 5.66. The smallest absolute Gasteiger partial charge is 0.294 e. The molecule has 0 radical (unpaired) electrons. The predicted molar refractivity (Wildman–Crippen MR) is 83.8 cm³/mol. The number of nitrogens with two attached hydrogens (primary N) is 4. The van der Waals surface area contributed by atoms with Crippen LogP contribution >= 0.6 is 0 Å². The van der Waals surface area contributed by atoms with Gasteiger partial charge in [0, 0.05) is 23.9 Å². The Kier molecular flexibility index (Phi) is 5.06. The first-order valence-corrected chi connectivity index (χ1v) is 5.81. The Morgan fingerprint density at radius 3 is 1.77 bits per heavy atom. The molecule has 10 nitrogen and oxygen atoms in total. The summed E-state index contributed by atoms with van der Waals surface area (Å²) in [5.74, 6) is 0. The molecular formula is C12H14N6O4. The molecule has 0 aliphatic rings. The van der Waals surface area contributed by atoms with Crippen LogP contribution in [0.5, 0.6) is 0 Å². The van der Waals surface area contributed by atoms with Crippen molar-refractivity contribution >= 4 is 34.1 Å². The van der Waals surface area contributed by atoms with Gasteiger partial charge in [0.2, 0.25) is 0 Å². The van der Waals surface area contributed by atoms with E-state index >= 15 is 0 Å². The predicted octanol–water partition coefficient (Wildman–Crippen LogP) is 1.52. The van der Waals surface area contributed by atoms with Gasteiger partial charge in [0.15, 0.2) is 0 Å². The molecule has 0 heterocycles. The molecule has 10 heteroatoms. The van der Waals surface area contributed by atoms with Crippen LogP contribution in [-0.2, 0) is 0 Å². The molecule has 0 amide bonds. The van der Waals surface area contributed by atoms with Gasteiger partial charge in [0.1, 0.15) is 5.69 Å². The van der Waals surface area contributed by atoms with E-state index in [0.29, 0.717) is 11.4 Å². The summed E-state index contributed by atoms with van der Waals surface area (Å²) in [7, 11) is 0. The minimum Gasteiger partial charge on any atom is -0.399 e. The molecule has 2 aromatic carbocycles. The minimum atomic E-state index is -0.564. The first kappa shape index (κ1) is 16.5. The molecule has 0 saturated carbocycles. The van der Waals surface area contributed by atoms with Crippen LogP contribution in [0, 0.1) is 20.2 Å². The van der Waals surface area contributed by atoms with Crippen LogP contribution in [0.1, 0.15) is 0 Å². The topological polar surface area (TPSA) is 190 Å². The molecule has 0 atom stereocenters. The van der Waals surface area contributed by atoms with Gasteiger partial charge >= 0.3 is 0 Å². The molecular weight excluding hydrogens is 292 g/mol. The van der Waals surface area contributed by atoms with E-state index in [4.69, 9.17) is 22.9 Å². The van der Waals surface area contributed by atoms with Crippen LogP contribution in [0.4, 0.5) is 34.1 Å². The lowest BCUT2D eigenvalue weighted by Crippen LogP contribution is -1.96. The van der Waals surface area contributed by atoms with E-state index in [1.807, 2.05) is 0 Å². The molecule has 2 rings (SSSR count). The molecule has 116 valence electrons. The summed E-state index contributed by atoms with van der Waals surface area (Å²) >= 11 is 0. The van der Waals surface area contributed by atoms with Crippen LogP contribution in [0.25, 0.3) is 0 Å². The molecule has 2 aromatic rings. The van der Waals surface area contributed by atoms with Gasteiger partial charge < -0.3 is 22.9 Å². The summed E-state index contributed by atoms with van der Waals surface area (Å²) in [6.45, 7) is 0. The molecule has 0 saturated heterocycles. The lowest BCUT2D eigenvalue weighted by Gasteiger charge is -1.97. The third-order valence-electron chi connectivity index (χ3n) is 2.53. The number of nitrogen functional groups attached to an aromatic ring is 4. The van der Waals surface area contributed by atoms with E-state index in [1.54, 1.807) is 0 Å². The van der Waals surface area contributed by atoms with Gasteiger partial charge in [-0.15, -0.1) is 0 Å². The SMILES string of the molecule is Nc1ccc(N)c([N+](=O)[O-])c1.Nc1ccc([N+](=O)[O-])cc1N. The quantitative estimate of drug-likeness (QED) is 0.364.